The molecule has 0 aliphatic heterocycles. The Morgan fingerprint density at radius 2 is 1.43 bits per heavy atom. The van der Waals surface area contributed by atoms with Crippen molar-refractivity contribution in [1.29, 1.82) is 0 Å². The average molecular weight is 512 g/mol. The lowest BCUT2D eigenvalue weighted by Crippen LogP contribution is -2.19. The molecule has 0 fully saturated rings. The summed E-state index contributed by atoms with van der Waals surface area (Å²) < 4.78 is 48.2. The van der Waals surface area contributed by atoms with Crippen LogP contribution in [0, 0.1) is 27.7 Å². The minimum atomic E-state index is -4.78. The first-order chi connectivity index (χ1) is 17.5. The third kappa shape index (κ3) is 6.54. The number of hydrogen-bond acceptors (Lipinski definition) is 6. The van der Waals surface area contributed by atoms with E-state index in [-0.39, 0.29) is 5.75 Å². The quantitative estimate of drug-likeness (QED) is 0.317. The van der Waals surface area contributed by atoms with Crippen LogP contribution in [-0.4, -0.2) is 32.1 Å². The van der Waals surface area contributed by atoms with E-state index in [9.17, 15) is 18.0 Å². The summed E-state index contributed by atoms with van der Waals surface area (Å²) >= 11 is 0. The van der Waals surface area contributed by atoms with E-state index in [1.54, 1.807) is 41.9 Å². The summed E-state index contributed by atoms with van der Waals surface area (Å²) in [6, 6.07) is 12.5. The number of alkyl halides is 3. The molecule has 0 saturated carbocycles. The van der Waals surface area contributed by atoms with Gasteiger partial charge in [-0.1, -0.05) is 0 Å². The zero-order valence-electron chi connectivity index (χ0n) is 20.3. The molecule has 4 aromatic rings. The molecule has 2 N–H and O–H groups in total. The van der Waals surface area contributed by atoms with Gasteiger partial charge in [0.2, 0.25) is 5.88 Å². The third-order valence-electron chi connectivity index (χ3n) is 5.35. The van der Waals surface area contributed by atoms with Crippen LogP contribution in [-0.2, 0) is 0 Å². The molecular weight excluding hydrogens is 489 g/mol. The first-order valence-electron chi connectivity index (χ1n) is 11.1. The summed E-state index contributed by atoms with van der Waals surface area (Å²) in [4.78, 5) is 21.0. The highest BCUT2D eigenvalue weighted by molar-refractivity contribution is 5.99. The van der Waals surface area contributed by atoms with Gasteiger partial charge in [-0.25, -0.2) is 14.5 Å². The molecule has 2 aromatic heterocycles. The average Bonchev–Trinajstić information content (AvgIpc) is 3.07. The van der Waals surface area contributed by atoms with E-state index in [1.807, 2.05) is 20.8 Å². The highest BCUT2D eigenvalue weighted by Gasteiger charge is 2.31. The molecule has 192 valence electrons. The van der Waals surface area contributed by atoms with Crippen molar-refractivity contribution in [1.82, 2.24) is 19.7 Å². The third-order valence-corrected chi connectivity index (χ3v) is 5.35. The van der Waals surface area contributed by atoms with Gasteiger partial charge in [0.05, 0.1) is 5.69 Å². The van der Waals surface area contributed by atoms with Crippen molar-refractivity contribution in [3.05, 3.63) is 77.4 Å². The first-order valence-corrected chi connectivity index (χ1v) is 11.1. The number of ether oxygens (including phenoxy) is 2. The molecule has 2 heterocycles. The number of halogens is 3. The number of nitrogens with one attached hydrogen (secondary N) is 2. The lowest BCUT2D eigenvalue weighted by molar-refractivity contribution is -0.274. The zero-order chi connectivity index (χ0) is 26.7. The van der Waals surface area contributed by atoms with E-state index >= 15 is 0 Å². The largest absolute Gasteiger partial charge is 0.573 e. The van der Waals surface area contributed by atoms with Crippen LogP contribution in [0.5, 0.6) is 17.4 Å². The standard InChI is InChI=1S/C25H23F3N6O3/c1-14-15(2)33-34(16(14)3)22-13-23(30-17(4)29-22)36-20-9-5-18(6-10-20)31-24(35)32-19-7-11-21(12-8-19)37-25(26,27)28/h5-13H,1-4H3,(H2,31,32,35). The van der Waals surface area contributed by atoms with Crippen LogP contribution in [0.15, 0.2) is 54.6 Å². The lowest BCUT2D eigenvalue weighted by atomic mass is 10.2. The van der Waals surface area contributed by atoms with Crippen LogP contribution >= 0.6 is 0 Å². The number of carbonyl (C=O) groups excluding carboxylic acids is 1. The van der Waals surface area contributed by atoms with Gasteiger partial charge < -0.3 is 20.1 Å². The van der Waals surface area contributed by atoms with Gasteiger partial charge in [-0.15, -0.1) is 13.2 Å². The van der Waals surface area contributed by atoms with Gasteiger partial charge in [0.25, 0.3) is 0 Å². The summed E-state index contributed by atoms with van der Waals surface area (Å²) in [5, 5.41) is 9.69. The Labute approximate surface area is 210 Å². The Bertz CT molecular complexity index is 1420. The van der Waals surface area contributed by atoms with Gasteiger partial charge in [0, 0.05) is 23.1 Å². The van der Waals surface area contributed by atoms with Gasteiger partial charge in [0.1, 0.15) is 17.3 Å². The lowest BCUT2D eigenvalue weighted by Gasteiger charge is -2.11. The molecule has 0 bridgehead atoms. The Balaban J connectivity index is 1.38. The molecule has 0 unspecified atom stereocenters. The van der Waals surface area contributed by atoms with Crippen molar-refractivity contribution >= 4 is 17.4 Å². The van der Waals surface area contributed by atoms with Crippen molar-refractivity contribution in [3.8, 4) is 23.2 Å². The maximum Gasteiger partial charge on any atom is 0.573 e. The predicted molar refractivity (Wildman–Crippen MR) is 130 cm³/mol. The highest BCUT2D eigenvalue weighted by atomic mass is 19.4. The Hall–Kier alpha value is -4.61. The number of nitrogens with zero attached hydrogens (tertiary/aromatic N) is 4. The van der Waals surface area contributed by atoms with Crippen LogP contribution in [0.4, 0.5) is 29.3 Å². The smallest absolute Gasteiger partial charge is 0.439 e. The number of carbonyl (C=O) groups is 1. The van der Waals surface area contributed by atoms with E-state index in [0.29, 0.717) is 34.6 Å². The van der Waals surface area contributed by atoms with E-state index in [1.165, 1.54) is 12.1 Å². The normalized spacial score (nSPS) is 11.2. The van der Waals surface area contributed by atoms with Gasteiger partial charge in [-0.05, 0) is 81.8 Å². The zero-order valence-corrected chi connectivity index (χ0v) is 20.3. The first kappa shape index (κ1) is 25.5. The number of amides is 2. The highest BCUT2D eigenvalue weighted by Crippen LogP contribution is 2.26. The molecule has 0 aliphatic carbocycles. The van der Waals surface area contributed by atoms with Crippen LogP contribution in [0.25, 0.3) is 5.82 Å². The number of hydrogen-bond donors (Lipinski definition) is 2. The molecule has 0 aliphatic rings. The van der Waals surface area contributed by atoms with E-state index in [0.717, 1.165) is 29.1 Å². The summed E-state index contributed by atoms with van der Waals surface area (Å²) in [5.74, 6) is 1.55. The number of aromatic nitrogens is 4. The molecule has 9 nitrogen and oxygen atoms in total. The van der Waals surface area contributed by atoms with Crippen molar-refractivity contribution < 1.29 is 27.4 Å². The molecule has 0 spiro atoms. The monoisotopic (exact) mass is 512 g/mol. The molecule has 12 heteroatoms. The number of rotatable bonds is 6. The second kappa shape index (κ2) is 10.2. The number of anilines is 2. The molecule has 4 rings (SSSR count). The maximum absolute atomic E-state index is 12.3. The van der Waals surface area contributed by atoms with Gasteiger partial charge in [-0.3, -0.25) is 0 Å². The van der Waals surface area contributed by atoms with Gasteiger partial charge >= 0.3 is 12.4 Å². The van der Waals surface area contributed by atoms with Crippen molar-refractivity contribution in [2.45, 2.75) is 34.1 Å². The minimum Gasteiger partial charge on any atom is -0.439 e. The van der Waals surface area contributed by atoms with Crippen LogP contribution in [0.2, 0.25) is 0 Å². The number of benzene rings is 2. The maximum atomic E-state index is 12.3. The SMILES string of the molecule is Cc1nc(Oc2ccc(NC(=O)Nc3ccc(OC(F)(F)F)cc3)cc2)cc(-n2nc(C)c(C)c2C)n1. The fourth-order valence-corrected chi connectivity index (χ4v) is 3.39. The van der Waals surface area contributed by atoms with Crippen LogP contribution in [0.3, 0.4) is 0 Å². The summed E-state index contributed by atoms with van der Waals surface area (Å²) in [6.45, 7) is 7.66. The van der Waals surface area contributed by atoms with E-state index in [2.05, 4.69) is 30.4 Å². The molecule has 2 amide bonds. The molecule has 37 heavy (non-hydrogen) atoms. The fraction of sp³-hybridized carbons (Fsp3) is 0.200. The number of aryl methyl sites for hydroxylation is 2. The second-order valence-corrected chi connectivity index (χ2v) is 8.10. The van der Waals surface area contributed by atoms with Crippen molar-refractivity contribution in [2.75, 3.05) is 10.6 Å². The molecule has 0 saturated heterocycles. The topological polar surface area (TPSA) is 103 Å². The molecular formula is C25H23F3N6O3. The number of urea groups is 1. The summed E-state index contributed by atoms with van der Waals surface area (Å²) in [5.41, 5.74) is 3.73. The van der Waals surface area contributed by atoms with Crippen molar-refractivity contribution in [3.63, 3.8) is 0 Å². The van der Waals surface area contributed by atoms with Gasteiger partial charge in [-0.2, -0.15) is 10.1 Å². The molecule has 0 atom stereocenters. The van der Waals surface area contributed by atoms with E-state index < -0.39 is 12.4 Å². The van der Waals surface area contributed by atoms with E-state index in [4.69, 9.17) is 4.74 Å². The fourth-order valence-electron chi connectivity index (χ4n) is 3.39. The van der Waals surface area contributed by atoms with Crippen LogP contribution < -0.4 is 20.1 Å². The Morgan fingerprint density at radius 1 is 0.865 bits per heavy atom. The van der Waals surface area contributed by atoms with Crippen molar-refractivity contribution in [2.24, 2.45) is 0 Å². The Kier molecular flexibility index (Phi) is 7.00. The predicted octanol–water partition coefficient (Wildman–Crippen LogP) is 6.23. The Morgan fingerprint density at radius 3 is 1.95 bits per heavy atom. The second-order valence-electron chi connectivity index (χ2n) is 8.10. The van der Waals surface area contributed by atoms with Crippen LogP contribution in [0.1, 0.15) is 22.8 Å². The summed E-state index contributed by atoms with van der Waals surface area (Å²) in [6.07, 6.45) is -4.78. The van der Waals surface area contributed by atoms with Gasteiger partial charge in [0.15, 0.2) is 5.82 Å². The molecule has 2 aromatic carbocycles. The molecule has 0 radical (unpaired) electrons. The summed E-state index contributed by atoms with van der Waals surface area (Å²) in [7, 11) is 0. The minimum absolute atomic E-state index is 0.291.